The first kappa shape index (κ1) is 21.2. The predicted molar refractivity (Wildman–Crippen MR) is 125 cm³/mol. The summed E-state index contributed by atoms with van der Waals surface area (Å²) in [5.41, 5.74) is 2.69. The number of benzene rings is 2. The number of carbonyl (C=O) groups is 2. The van der Waals surface area contributed by atoms with Crippen LogP contribution in [0.25, 0.3) is 23.0 Å². The molecule has 6 nitrogen and oxygen atoms in total. The first-order valence-corrected chi connectivity index (χ1v) is 11.0. The van der Waals surface area contributed by atoms with Crippen LogP contribution in [-0.4, -0.2) is 54.8 Å². The van der Waals surface area contributed by atoms with Crippen LogP contribution in [0.15, 0.2) is 59.0 Å². The number of carbonyl (C=O) groups excluding carboxylic acids is 2. The van der Waals surface area contributed by atoms with E-state index in [9.17, 15) is 14.0 Å². The second-order valence-electron chi connectivity index (χ2n) is 8.40. The van der Waals surface area contributed by atoms with E-state index in [1.807, 2.05) is 31.3 Å². The van der Waals surface area contributed by atoms with Crippen LogP contribution in [0.3, 0.4) is 0 Å². The minimum atomic E-state index is -0.574. The van der Waals surface area contributed by atoms with Crippen molar-refractivity contribution in [2.75, 3.05) is 38.5 Å². The number of hydrogen-bond donors (Lipinski definition) is 1. The topological polar surface area (TPSA) is 65.8 Å². The zero-order chi connectivity index (χ0) is 22.9. The van der Waals surface area contributed by atoms with Crippen molar-refractivity contribution in [2.24, 2.45) is 0 Å². The molecular weight excluding hydrogens is 421 g/mol. The number of halogens is 1. The van der Waals surface area contributed by atoms with Gasteiger partial charge in [0.25, 0.3) is 11.8 Å². The molecule has 33 heavy (non-hydrogen) atoms. The predicted octanol–water partition coefficient (Wildman–Crippen LogP) is 4.36. The lowest BCUT2D eigenvalue weighted by Gasteiger charge is -2.21. The van der Waals surface area contributed by atoms with Gasteiger partial charge in [0, 0.05) is 36.4 Å². The summed E-state index contributed by atoms with van der Waals surface area (Å²) in [6.07, 6.45) is 2.55. The zero-order valence-corrected chi connectivity index (χ0v) is 18.3. The Bertz CT molecular complexity index is 1260. The van der Waals surface area contributed by atoms with Crippen LogP contribution in [0.1, 0.15) is 28.1 Å². The van der Waals surface area contributed by atoms with E-state index in [4.69, 9.17) is 4.42 Å². The summed E-state index contributed by atoms with van der Waals surface area (Å²) in [7, 11) is 2.02. The number of hydrogen-bond acceptors (Lipinski definition) is 4. The van der Waals surface area contributed by atoms with Crippen molar-refractivity contribution < 1.29 is 18.4 Å². The summed E-state index contributed by atoms with van der Waals surface area (Å²) in [5, 5.41) is 2.83. The highest BCUT2D eigenvalue weighted by molar-refractivity contribution is 6.34. The number of fused-ring (bicyclic) bond motifs is 1. The average Bonchev–Trinajstić information content (AvgIpc) is 3.33. The average molecular weight is 445 g/mol. The molecule has 0 radical (unpaired) electrons. The van der Waals surface area contributed by atoms with Gasteiger partial charge in [-0.05, 0) is 56.4 Å². The largest absolute Gasteiger partial charge is 0.457 e. The van der Waals surface area contributed by atoms with E-state index in [0.29, 0.717) is 35.7 Å². The second-order valence-corrected chi connectivity index (χ2v) is 8.40. The van der Waals surface area contributed by atoms with Crippen LogP contribution in [0.5, 0.6) is 0 Å². The standard InChI is InChI=1S/C26H24FN3O3/c1-29-11-4-12-30(14-13-29)26(32)20-9-7-17(15-22(20)27)24-10-8-18(33-24)16-21-19-5-2-3-6-23(19)28-25(21)31/h2-3,5-10,15-16H,4,11-14H2,1H3,(H,28,31). The molecule has 168 valence electrons. The van der Waals surface area contributed by atoms with E-state index in [-0.39, 0.29) is 17.4 Å². The molecule has 1 N–H and O–H groups in total. The Kier molecular flexibility index (Phi) is 5.56. The molecule has 7 heteroatoms. The molecule has 3 heterocycles. The molecule has 0 bridgehead atoms. The number of rotatable bonds is 3. The van der Waals surface area contributed by atoms with E-state index in [1.54, 1.807) is 29.2 Å². The Morgan fingerprint density at radius 1 is 1.06 bits per heavy atom. The van der Waals surface area contributed by atoms with Crippen molar-refractivity contribution >= 4 is 29.2 Å². The first-order chi connectivity index (χ1) is 16.0. The molecule has 0 saturated carbocycles. The van der Waals surface area contributed by atoms with Crippen LogP contribution in [0.4, 0.5) is 10.1 Å². The third kappa shape index (κ3) is 4.19. The highest BCUT2D eigenvalue weighted by Gasteiger charge is 2.24. The Morgan fingerprint density at radius 2 is 1.91 bits per heavy atom. The summed E-state index contributed by atoms with van der Waals surface area (Å²) in [5.74, 6) is -0.104. The summed E-state index contributed by atoms with van der Waals surface area (Å²) in [4.78, 5) is 29.1. The Labute approximate surface area is 191 Å². The molecule has 1 fully saturated rings. The van der Waals surface area contributed by atoms with E-state index < -0.39 is 5.82 Å². The third-order valence-electron chi connectivity index (χ3n) is 6.11. The molecule has 0 unspecified atom stereocenters. The van der Waals surface area contributed by atoms with Gasteiger partial charge in [-0.2, -0.15) is 0 Å². The van der Waals surface area contributed by atoms with Gasteiger partial charge in [0.1, 0.15) is 17.3 Å². The fourth-order valence-electron chi connectivity index (χ4n) is 4.27. The lowest BCUT2D eigenvalue weighted by Crippen LogP contribution is -2.35. The van der Waals surface area contributed by atoms with Crippen LogP contribution >= 0.6 is 0 Å². The third-order valence-corrected chi connectivity index (χ3v) is 6.11. The number of likely N-dealkylation sites (N-methyl/N-ethyl adjacent to an activating group) is 1. The van der Waals surface area contributed by atoms with Crippen molar-refractivity contribution in [3.8, 4) is 11.3 Å². The normalized spacial score (nSPS) is 17.7. The fourth-order valence-corrected chi connectivity index (χ4v) is 4.27. The highest BCUT2D eigenvalue weighted by atomic mass is 19.1. The van der Waals surface area contributed by atoms with Crippen molar-refractivity contribution in [2.45, 2.75) is 6.42 Å². The maximum Gasteiger partial charge on any atom is 0.256 e. The number of amides is 2. The van der Waals surface area contributed by atoms with Crippen molar-refractivity contribution in [3.05, 3.63) is 77.3 Å². The van der Waals surface area contributed by atoms with E-state index in [2.05, 4.69) is 10.2 Å². The smallest absolute Gasteiger partial charge is 0.256 e. The molecule has 0 atom stereocenters. The highest BCUT2D eigenvalue weighted by Crippen LogP contribution is 2.34. The van der Waals surface area contributed by atoms with Gasteiger partial charge in [0.2, 0.25) is 0 Å². The van der Waals surface area contributed by atoms with Gasteiger partial charge in [0.05, 0.1) is 11.1 Å². The van der Waals surface area contributed by atoms with Gasteiger partial charge in [-0.3, -0.25) is 9.59 Å². The number of para-hydroxylation sites is 1. The molecule has 3 aromatic rings. The SMILES string of the molecule is CN1CCCN(C(=O)c2ccc(-c3ccc(C=C4C(=O)Nc5ccccc54)o3)cc2F)CC1. The van der Waals surface area contributed by atoms with Gasteiger partial charge in [-0.1, -0.05) is 24.3 Å². The lowest BCUT2D eigenvalue weighted by atomic mass is 10.1. The summed E-state index contributed by atoms with van der Waals surface area (Å²) in [6.45, 7) is 2.91. The van der Waals surface area contributed by atoms with Crippen molar-refractivity contribution in [3.63, 3.8) is 0 Å². The quantitative estimate of drug-likeness (QED) is 0.609. The molecule has 0 spiro atoms. The maximum atomic E-state index is 14.9. The molecule has 2 aliphatic heterocycles. The van der Waals surface area contributed by atoms with Gasteiger partial charge in [0.15, 0.2) is 0 Å². The fraction of sp³-hybridized carbons (Fsp3) is 0.231. The van der Waals surface area contributed by atoms with Gasteiger partial charge < -0.3 is 19.5 Å². The van der Waals surface area contributed by atoms with Crippen LogP contribution in [0, 0.1) is 5.82 Å². The van der Waals surface area contributed by atoms with Gasteiger partial charge in [-0.15, -0.1) is 0 Å². The summed E-state index contributed by atoms with van der Waals surface area (Å²) >= 11 is 0. The molecule has 2 amide bonds. The Hall–Kier alpha value is -3.71. The first-order valence-electron chi connectivity index (χ1n) is 11.0. The molecule has 0 aliphatic carbocycles. The van der Waals surface area contributed by atoms with Crippen LogP contribution in [-0.2, 0) is 4.79 Å². The Morgan fingerprint density at radius 3 is 2.76 bits per heavy atom. The second kappa shape index (κ2) is 8.67. The molecule has 1 aromatic heterocycles. The van der Waals surface area contributed by atoms with Crippen LogP contribution < -0.4 is 5.32 Å². The summed E-state index contributed by atoms with van der Waals surface area (Å²) in [6, 6.07) is 15.4. The number of anilines is 1. The van der Waals surface area contributed by atoms with Crippen molar-refractivity contribution in [1.82, 2.24) is 9.80 Å². The number of furan rings is 1. The van der Waals surface area contributed by atoms with E-state index in [0.717, 1.165) is 30.8 Å². The molecule has 1 saturated heterocycles. The Balaban J connectivity index is 1.37. The summed E-state index contributed by atoms with van der Waals surface area (Å²) < 4.78 is 20.8. The number of nitrogens with one attached hydrogen (secondary N) is 1. The minimum absolute atomic E-state index is 0.0661. The maximum absolute atomic E-state index is 14.9. The van der Waals surface area contributed by atoms with E-state index in [1.165, 1.54) is 12.1 Å². The zero-order valence-electron chi connectivity index (χ0n) is 18.3. The van der Waals surface area contributed by atoms with E-state index >= 15 is 0 Å². The van der Waals surface area contributed by atoms with Crippen LogP contribution in [0.2, 0.25) is 0 Å². The minimum Gasteiger partial charge on any atom is -0.457 e. The van der Waals surface area contributed by atoms with Crippen molar-refractivity contribution in [1.29, 1.82) is 0 Å². The van der Waals surface area contributed by atoms with Gasteiger partial charge >= 0.3 is 0 Å². The molecular formula is C26H24FN3O3. The number of nitrogens with zero attached hydrogens (tertiary/aromatic N) is 2. The molecule has 2 aliphatic rings. The molecule has 5 rings (SSSR count). The monoisotopic (exact) mass is 445 g/mol. The lowest BCUT2D eigenvalue weighted by molar-refractivity contribution is -0.110. The molecule has 2 aromatic carbocycles. The van der Waals surface area contributed by atoms with Gasteiger partial charge in [-0.25, -0.2) is 4.39 Å².